The molecule has 0 amide bonds. The number of nitrogens with zero attached hydrogens (tertiary/aromatic N) is 2. The molecule has 0 saturated carbocycles. The third kappa shape index (κ3) is 4.46. The second kappa shape index (κ2) is 8.19. The van der Waals surface area contributed by atoms with Gasteiger partial charge in [0.25, 0.3) is 0 Å². The second-order valence-electron chi connectivity index (χ2n) is 8.85. The molecule has 3 saturated heterocycles. The lowest BCUT2D eigenvalue weighted by Gasteiger charge is -2.40. The molecule has 3 aliphatic rings. The van der Waals surface area contributed by atoms with Crippen LogP contribution in [0.2, 0.25) is 0 Å². The van der Waals surface area contributed by atoms with E-state index in [1.54, 1.807) is 0 Å². The fourth-order valence-electron chi connectivity index (χ4n) is 4.77. The number of nitrogens with one attached hydrogen (secondary N) is 2. The molecule has 148 valence electrons. The van der Waals surface area contributed by atoms with E-state index in [1.807, 2.05) is 0 Å². The zero-order valence-electron chi connectivity index (χ0n) is 16.8. The van der Waals surface area contributed by atoms with Crippen LogP contribution >= 0.6 is 0 Å². The molecule has 0 spiro atoms. The zero-order valence-corrected chi connectivity index (χ0v) is 16.8. The third-order valence-corrected chi connectivity index (χ3v) is 6.30. The van der Waals surface area contributed by atoms with Crippen LogP contribution < -0.4 is 10.6 Å². The molecule has 2 atom stereocenters. The van der Waals surface area contributed by atoms with E-state index in [2.05, 4.69) is 59.7 Å². The van der Waals surface area contributed by atoms with Crippen molar-refractivity contribution in [3.05, 3.63) is 35.9 Å². The van der Waals surface area contributed by atoms with E-state index in [9.17, 15) is 0 Å². The Balaban J connectivity index is 1.34. The fourth-order valence-corrected chi connectivity index (χ4v) is 4.77. The van der Waals surface area contributed by atoms with E-state index in [0.29, 0.717) is 18.1 Å². The molecule has 1 aromatic rings. The maximum atomic E-state index is 5.36. The Morgan fingerprint density at radius 3 is 2.48 bits per heavy atom. The minimum absolute atomic E-state index is 0.223. The first-order valence-electron chi connectivity index (χ1n) is 10.6. The standard InChI is InChI=1S/C22H34N4O/c1-3-23-21(24-14-22(2)15-27-16-22)25-18-11-19-9-10-20(12-18)26(19)13-17-7-5-4-6-8-17/h4-8,18-20H,3,9-16H2,1-2H3,(H2,23,24,25). The second-order valence-corrected chi connectivity index (χ2v) is 8.85. The lowest BCUT2D eigenvalue weighted by molar-refractivity contribution is -0.0945. The summed E-state index contributed by atoms with van der Waals surface area (Å²) in [5.74, 6) is 0.978. The van der Waals surface area contributed by atoms with E-state index in [0.717, 1.165) is 38.8 Å². The maximum Gasteiger partial charge on any atom is 0.191 e. The monoisotopic (exact) mass is 370 g/mol. The van der Waals surface area contributed by atoms with Gasteiger partial charge in [0.1, 0.15) is 0 Å². The third-order valence-electron chi connectivity index (χ3n) is 6.30. The zero-order chi connectivity index (χ0) is 18.7. The molecule has 2 bridgehead atoms. The highest BCUT2D eigenvalue weighted by Gasteiger charge is 2.40. The van der Waals surface area contributed by atoms with Crippen molar-refractivity contribution in [3.63, 3.8) is 0 Å². The molecule has 4 rings (SSSR count). The highest BCUT2D eigenvalue weighted by atomic mass is 16.5. The summed E-state index contributed by atoms with van der Waals surface area (Å²) < 4.78 is 5.36. The molecule has 3 aliphatic heterocycles. The number of hydrogen-bond acceptors (Lipinski definition) is 3. The van der Waals surface area contributed by atoms with Gasteiger partial charge in [-0.15, -0.1) is 0 Å². The van der Waals surface area contributed by atoms with Gasteiger partial charge in [0.15, 0.2) is 5.96 Å². The molecule has 2 unspecified atom stereocenters. The molecular formula is C22H34N4O. The van der Waals surface area contributed by atoms with Crippen LogP contribution in [-0.2, 0) is 11.3 Å². The summed E-state index contributed by atoms with van der Waals surface area (Å²) in [7, 11) is 0. The summed E-state index contributed by atoms with van der Waals surface area (Å²) >= 11 is 0. The van der Waals surface area contributed by atoms with Crippen LogP contribution in [0.15, 0.2) is 35.3 Å². The van der Waals surface area contributed by atoms with Gasteiger partial charge in [0, 0.05) is 36.6 Å². The van der Waals surface area contributed by atoms with Crippen LogP contribution in [0.3, 0.4) is 0 Å². The maximum absolute atomic E-state index is 5.36. The number of aliphatic imine (C=N–C) groups is 1. The molecule has 3 fully saturated rings. The number of guanidine groups is 1. The summed E-state index contributed by atoms with van der Waals surface area (Å²) in [6.07, 6.45) is 5.10. The minimum atomic E-state index is 0.223. The lowest BCUT2D eigenvalue weighted by atomic mass is 9.89. The van der Waals surface area contributed by atoms with Gasteiger partial charge in [-0.25, -0.2) is 0 Å². The SMILES string of the molecule is CCNC(=NCC1(C)COC1)NC1CC2CCC(C1)N2Cc1ccccc1. The van der Waals surface area contributed by atoms with Crippen LogP contribution in [0.5, 0.6) is 0 Å². The van der Waals surface area contributed by atoms with Crippen molar-refractivity contribution in [2.45, 2.75) is 64.2 Å². The van der Waals surface area contributed by atoms with Gasteiger partial charge in [-0.1, -0.05) is 37.3 Å². The summed E-state index contributed by atoms with van der Waals surface area (Å²) in [5.41, 5.74) is 1.66. The van der Waals surface area contributed by atoms with E-state index in [1.165, 1.54) is 31.2 Å². The summed E-state index contributed by atoms with van der Waals surface area (Å²) in [6, 6.07) is 12.8. The summed E-state index contributed by atoms with van der Waals surface area (Å²) in [6.45, 7) is 8.88. The van der Waals surface area contributed by atoms with E-state index in [4.69, 9.17) is 9.73 Å². The number of hydrogen-bond donors (Lipinski definition) is 2. The fraction of sp³-hybridized carbons (Fsp3) is 0.682. The van der Waals surface area contributed by atoms with E-state index in [-0.39, 0.29) is 5.41 Å². The van der Waals surface area contributed by atoms with Crippen molar-refractivity contribution in [2.24, 2.45) is 10.4 Å². The van der Waals surface area contributed by atoms with Crippen LogP contribution in [0, 0.1) is 5.41 Å². The largest absolute Gasteiger partial charge is 0.380 e. The van der Waals surface area contributed by atoms with Crippen LogP contribution in [0.4, 0.5) is 0 Å². The van der Waals surface area contributed by atoms with Crippen molar-refractivity contribution in [3.8, 4) is 0 Å². The molecule has 5 heteroatoms. The Bertz CT molecular complexity index is 629. The van der Waals surface area contributed by atoms with Crippen LogP contribution in [0.25, 0.3) is 0 Å². The molecule has 0 aliphatic carbocycles. The number of benzene rings is 1. The molecule has 1 aromatic carbocycles. The first-order valence-corrected chi connectivity index (χ1v) is 10.6. The Morgan fingerprint density at radius 2 is 1.89 bits per heavy atom. The number of rotatable bonds is 6. The van der Waals surface area contributed by atoms with Gasteiger partial charge in [0.2, 0.25) is 0 Å². The molecule has 3 heterocycles. The normalized spacial score (nSPS) is 30.0. The topological polar surface area (TPSA) is 48.9 Å². The minimum Gasteiger partial charge on any atom is -0.380 e. The van der Waals surface area contributed by atoms with Crippen molar-refractivity contribution in [2.75, 3.05) is 26.3 Å². The molecule has 0 radical (unpaired) electrons. The number of ether oxygens (including phenoxy) is 1. The Hall–Kier alpha value is -1.59. The molecule has 5 nitrogen and oxygen atoms in total. The Labute approximate surface area is 163 Å². The highest BCUT2D eigenvalue weighted by Crippen LogP contribution is 2.36. The van der Waals surface area contributed by atoms with Gasteiger partial charge in [0.05, 0.1) is 19.8 Å². The Kier molecular flexibility index (Phi) is 5.69. The quantitative estimate of drug-likeness (QED) is 0.597. The number of fused-ring (bicyclic) bond motifs is 2. The summed E-state index contributed by atoms with van der Waals surface area (Å²) in [4.78, 5) is 7.60. The molecule has 27 heavy (non-hydrogen) atoms. The van der Waals surface area contributed by atoms with Gasteiger partial charge in [-0.3, -0.25) is 9.89 Å². The highest BCUT2D eigenvalue weighted by molar-refractivity contribution is 5.80. The van der Waals surface area contributed by atoms with Gasteiger partial charge in [-0.05, 0) is 38.2 Å². The smallest absolute Gasteiger partial charge is 0.191 e. The van der Waals surface area contributed by atoms with E-state index >= 15 is 0 Å². The number of piperidine rings is 1. The van der Waals surface area contributed by atoms with Gasteiger partial charge < -0.3 is 15.4 Å². The van der Waals surface area contributed by atoms with Crippen molar-refractivity contribution < 1.29 is 4.74 Å². The van der Waals surface area contributed by atoms with Crippen molar-refractivity contribution >= 4 is 5.96 Å². The average molecular weight is 371 g/mol. The van der Waals surface area contributed by atoms with Crippen LogP contribution in [0.1, 0.15) is 45.1 Å². The van der Waals surface area contributed by atoms with Gasteiger partial charge >= 0.3 is 0 Å². The van der Waals surface area contributed by atoms with Gasteiger partial charge in [-0.2, -0.15) is 0 Å². The Morgan fingerprint density at radius 1 is 1.19 bits per heavy atom. The molecule has 2 N–H and O–H groups in total. The average Bonchev–Trinajstić information content (AvgIpc) is 2.88. The molecule has 0 aromatic heterocycles. The van der Waals surface area contributed by atoms with Crippen molar-refractivity contribution in [1.29, 1.82) is 0 Å². The first-order chi connectivity index (χ1) is 13.1. The molecular weight excluding hydrogens is 336 g/mol. The van der Waals surface area contributed by atoms with Crippen molar-refractivity contribution in [1.82, 2.24) is 15.5 Å². The predicted molar refractivity (Wildman–Crippen MR) is 110 cm³/mol. The predicted octanol–water partition coefficient (Wildman–Crippen LogP) is 2.77. The lowest BCUT2D eigenvalue weighted by Crippen LogP contribution is -2.52. The summed E-state index contributed by atoms with van der Waals surface area (Å²) in [5, 5.41) is 7.17. The first kappa shape index (κ1) is 18.8. The van der Waals surface area contributed by atoms with E-state index < -0.39 is 0 Å². The van der Waals surface area contributed by atoms with Crippen LogP contribution in [-0.4, -0.2) is 55.3 Å².